The Hall–Kier alpha value is -1.80. The van der Waals surface area contributed by atoms with E-state index in [-0.39, 0.29) is 12.4 Å². The van der Waals surface area contributed by atoms with E-state index in [4.69, 9.17) is 18.9 Å². The summed E-state index contributed by atoms with van der Waals surface area (Å²) in [5.41, 5.74) is -1.67. The average Bonchev–Trinajstić information content (AvgIpc) is 2.85. The number of nitrogens with zero attached hydrogens (tertiary/aromatic N) is 1. The molecule has 0 saturated carbocycles. The molecule has 2 rings (SSSR count). The number of amides is 1. The van der Waals surface area contributed by atoms with Gasteiger partial charge in [0, 0.05) is 0 Å². The molecule has 0 aromatic carbocycles. The van der Waals surface area contributed by atoms with Gasteiger partial charge in [0.25, 0.3) is 0 Å². The molecule has 23 heavy (non-hydrogen) atoms. The summed E-state index contributed by atoms with van der Waals surface area (Å²) in [6.07, 6.45) is -3.86. The number of rotatable bonds is 2. The molecule has 2 heterocycles. The van der Waals surface area contributed by atoms with Gasteiger partial charge in [-0.25, -0.2) is 9.59 Å². The largest absolute Gasteiger partial charge is 0.514 e. The van der Waals surface area contributed by atoms with Crippen LogP contribution < -0.4 is 0 Å². The van der Waals surface area contributed by atoms with E-state index < -0.39 is 41.8 Å². The fourth-order valence-electron chi connectivity index (χ4n) is 2.57. The number of aliphatic hydroxyl groups excluding tert-OH is 1. The first kappa shape index (κ1) is 17.6. The first-order valence-corrected chi connectivity index (χ1v) is 7.34. The van der Waals surface area contributed by atoms with Gasteiger partial charge in [0.2, 0.25) is 0 Å². The van der Waals surface area contributed by atoms with E-state index in [1.54, 1.807) is 34.6 Å². The predicted octanol–water partition coefficient (Wildman–Crippen LogP) is 1.77. The maximum atomic E-state index is 12.5. The van der Waals surface area contributed by atoms with E-state index >= 15 is 0 Å². The second-order valence-electron chi connectivity index (χ2n) is 7.02. The molecule has 0 aromatic rings. The van der Waals surface area contributed by atoms with Crippen LogP contribution in [0.3, 0.4) is 0 Å². The van der Waals surface area contributed by atoms with Crippen LogP contribution in [-0.4, -0.2) is 58.4 Å². The molecule has 1 N–H and O–H groups in total. The van der Waals surface area contributed by atoms with Crippen LogP contribution in [-0.2, 0) is 18.9 Å². The lowest BCUT2D eigenvalue weighted by Gasteiger charge is -2.37. The molecule has 1 amide bonds. The van der Waals surface area contributed by atoms with Gasteiger partial charge in [-0.05, 0) is 34.6 Å². The number of hydrogen-bond donors (Lipinski definition) is 1. The van der Waals surface area contributed by atoms with Crippen molar-refractivity contribution in [1.29, 1.82) is 0 Å². The molecule has 0 radical (unpaired) electrons. The third kappa shape index (κ3) is 3.59. The zero-order valence-corrected chi connectivity index (χ0v) is 14.0. The maximum absolute atomic E-state index is 12.5. The van der Waals surface area contributed by atoms with Crippen molar-refractivity contribution in [3.8, 4) is 0 Å². The molecule has 2 aliphatic heterocycles. The molecule has 2 aliphatic rings. The second kappa shape index (κ2) is 5.68. The molecule has 3 atom stereocenters. The summed E-state index contributed by atoms with van der Waals surface area (Å²) < 4.78 is 20.6. The molecule has 0 bridgehead atoms. The second-order valence-corrected chi connectivity index (χ2v) is 7.02. The van der Waals surface area contributed by atoms with E-state index in [2.05, 4.69) is 6.58 Å². The molecule has 8 heteroatoms. The molecular formula is C15H23NO7. The van der Waals surface area contributed by atoms with Crippen LogP contribution in [0, 0.1) is 0 Å². The van der Waals surface area contributed by atoms with Crippen LogP contribution >= 0.6 is 0 Å². The van der Waals surface area contributed by atoms with Crippen molar-refractivity contribution in [2.24, 2.45) is 0 Å². The summed E-state index contributed by atoms with van der Waals surface area (Å²) in [4.78, 5) is 25.0. The fraction of sp³-hybridized carbons (Fsp3) is 0.733. The van der Waals surface area contributed by atoms with Crippen molar-refractivity contribution in [2.45, 2.75) is 64.2 Å². The third-order valence-corrected chi connectivity index (χ3v) is 3.57. The molecule has 130 valence electrons. The lowest BCUT2D eigenvalue weighted by molar-refractivity contribution is -0.0728. The molecular weight excluding hydrogens is 306 g/mol. The topological polar surface area (TPSA) is 94.5 Å². The summed E-state index contributed by atoms with van der Waals surface area (Å²) in [6.45, 7) is 12.2. The smallest absolute Gasteiger partial charge is 0.444 e. The van der Waals surface area contributed by atoms with E-state index in [9.17, 15) is 14.7 Å². The summed E-state index contributed by atoms with van der Waals surface area (Å²) in [7, 11) is 0. The normalized spacial score (nSPS) is 28.3. The lowest BCUT2D eigenvalue weighted by Crippen LogP contribution is -2.55. The number of ether oxygens (including phenoxy) is 4. The van der Waals surface area contributed by atoms with Crippen molar-refractivity contribution >= 4 is 12.2 Å². The van der Waals surface area contributed by atoms with Crippen molar-refractivity contribution < 1.29 is 33.6 Å². The first-order valence-electron chi connectivity index (χ1n) is 7.34. The van der Waals surface area contributed by atoms with Crippen LogP contribution in [0.5, 0.6) is 0 Å². The minimum absolute atomic E-state index is 0.00338. The van der Waals surface area contributed by atoms with Crippen molar-refractivity contribution in [3.05, 3.63) is 12.3 Å². The lowest BCUT2D eigenvalue weighted by atomic mass is 10.0. The van der Waals surface area contributed by atoms with Crippen LogP contribution in [0.2, 0.25) is 0 Å². The highest BCUT2D eigenvalue weighted by molar-refractivity contribution is 5.70. The Kier molecular flexibility index (Phi) is 4.34. The van der Waals surface area contributed by atoms with Gasteiger partial charge >= 0.3 is 12.2 Å². The Balaban J connectivity index is 2.21. The predicted molar refractivity (Wildman–Crippen MR) is 78.4 cm³/mol. The standard InChI is InChI=1S/C15H23NO7/c1-8-11(22-13(19)21-8)10(17)9-7-20-15(5,6)16(9)12(18)23-14(2,3)4/h9-11,17H,1,7H2,2-6H3/t9-,10-,11+/m0/s1. The quantitative estimate of drug-likeness (QED) is 0.771. The monoisotopic (exact) mass is 329 g/mol. The number of aliphatic hydroxyl groups is 1. The minimum atomic E-state index is -1.25. The van der Waals surface area contributed by atoms with Gasteiger partial charge in [-0.2, -0.15) is 0 Å². The van der Waals surface area contributed by atoms with Gasteiger partial charge in [0.1, 0.15) is 23.2 Å². The van der Waals surface area contributed by atoms with Crippen molar-refractivity contribution in [1.82, 2.24) is 4.90 Å². The molecule has 8 nitrogen and oxygen atoms in total. The van der Waals surface area contributed by atoms with E-state index in [1.807, 2.05) is 0 Å². The molecule has 0 unspecified atom stereocenters. The highest BCUT2D eigenvalue weighted by Crippen LogP contribution is 2.34. The third-order valence-electron chi connectivity index (χ3n) is 3.57. The average molecular weight is 329 g/mol. The maximum Gasteiger partial charge on any atom is 0.514 e. The van der Waals surface area contributed by atoms with Gasteiger partial charge in [-0.15, -0.1) is 0 Å². The summed E-state index contributed by atoms with van der Waals surface area (Å²) in [5, 5.41) is 10.5. The van der Waals surface area contributed by atoms with Gasteiger partial charge < -0.3 is 24.1 Å². The Labute approximate surface area is 134 Å². The van der Waals surface area contributed by atoms with E-state index in [0.29, 0.717) is 0 Å². The van der Waals surface area contributed by atoms with Crippen molar-refractivity contribution in [2.75, 3.05) is 6.61 Å². The molecule has 2 saturated heterocycles. The highest BCUT2D eigenvalue weighted by Gasteiger charge is 2.52. The number of hydrogen-bond acceptors (Lipinski definition) is 7. The summed E-state index contributed by atoms with van der Waals surface area (Å²) in [6, 6.07) is -0.768. The zero-order chi connectivity index (χ0) is 17.6. The van der Waals surface area contributed by atoms with Crippen LogP contribution in [0.1, 0.15) is 34.6 Å². The molecule has 0 aromatic heterocycles. The summed E-state index contributed by atoms with van der Waals surface area (Å²) >= 11 is 0. The fourth-order valence-corrected chi connectivity index (χ4v) is 2.57. The van der Waals surface area contributed by atoms with E-state index in [1.165, 1.54) is 4.90 Å². The van der Waals surface area contributed by atoms with Gasteiger partial charge in [-0.1, -0.05) is 6.58 Å². The van der Waals surface area contributed by atoms with Gasteiger partial charge in [0.15, 0.2) is 6.10 Å². The summed E-state index contributed by atoms with van der Waals surface area (Å²) in [5.74, 6) is -0.00338. The minimum Gasteiger partial charge on any atom is -0.444 e. The SMILES string of the molecule is C=C1OC(=O)O[C@H]1[C@@H](O)[C@@H]1COC(C)(C)N1C(=O)OC(C)(C)C. The van der Waals surface area contributed by atoms with Crippen molar-refractivity contribution in [3.63, 3.8) is 0 Å². The first-order chi connectivity index (χ1) is 10.4. The van der Waals surface area contributed by atoms with Gasteiger partial charge in [0.05, 0.1) is 12.6 Å². The Morgan fingerprint density at radius 2 is 2.09 bits per heavy atom. The Morgan fingerprint density at radius 3 is 2.57 bits per heavy atom. The molecule has 0 spiro atoms. The van der Waals surface area contributed by atoms with E-state index in [0.717, 1.165) is 0 Å². The van der Waals surface area contributed by atoms with Crippen LogP contribution in [0.15, 0.2) is 12.3 Å². The molecule has 2 fully saturated rings. The van der Waals surface area contributed by atoms with Crippen LogP contribution in [0.4, 0.5) is 9.59 Å². The molecule has 0 aliphatic carbocycles. The number of cyclic esters (lactones) is 2. The Bertz CT molecular complexity index is 522. The van der Waals surface area contributed by atoms with Gasteiger partial charge in [-0.3, -0.25) is 4.90 Å². The Morgan fingerprint density at radius 1 is 1.48 bits per heavy atom. The number of carbonyl (C=O) groups excluding carboxylic acids is 2. The highest BCUT2D eigenvalue weighted by atomic mass is 16.8. The number of carbonyl (C=O) groups is 2. The zero-order valence-electron chi connectivity index (χ0n) is 14.0. The van der Waals surface area contributed by atoms with Crippen LogP contribution in [0.25, 0.3) is 0 Å².